The molecule has 8 heteroatoms. The first-order valence-electron chi connectivity index (χ1n) is 13.5. The fourth-order valence-corrected chi connectivity index (χ4v) is 8.00. The molecule has 2 fully saturated rings. The molecule has 200 valence electrons. The molecule has 37 heavy (non-hydrogen) atoms. The third-order valence-corrected chi connectivity index (χ3v) is 10.9. The summed E-state index contributed by atoms with van der Waals surface area (Å²) < 4.78 is 40.2. The molecular weight excluding hydrogens is 487 g/mol. The van der Waals surface area contributed by atoms with Crippen LogP contribution < -0.4 is 0 Å². The van der Waals surface area contributed by atoms with Gasteiger partial charge in [-0.1, -0.05) is 0 Å². The zero-order valence-electron chi connectivity index (χ0n) is 22.5. The Morgan fingerprint density at radius 3 is 2.70 bits per heavy atom. The van der Waals surface area contributed by atoms with Gasteiger partial charge >= 0.3 is 0 Å². The molecular formula is C29H39FN4O2S. The third kappa shape index (κ3) is 5.20. The molecule has 6 nitrogen and oxygen atoms in total. The van der Waals surface area contributed by atoms with Crippen molar-refractivity contribution in [3.63, 3.8) is 0 Å². The summed E-state index contributed by atoms with van der Waals surface area (Å²) in [7, 11) is -1.25. The van der Waals surface area contributed by atoms with Gasteiger partial charge in [-0.05, 0) is 94.2 Å². The second-order valence-electron chi connectivity index (χ2n) is 11.0. The van der Waals surface area contributed by atoms with E-state index >= 15 is 0 Å². The van der Waals surface area contributed by atoms with Gasteiger partial charge in [0.05, 0.1) is 32.0 Å². The molecule has 0 amide bonds. The zero-order chi connectivity index (χ0) is 26.2. The van der Waals surface area contributed by atoms with Crippen LogP contribution in [0.2, 0.25) is 0 Å². The number of ether oxygens (including phenoxy) is 1. The smallest absolute Gasteiger partial charge is 0.124 e. The first kappa shape index (κ1) is 26.3. The van der Waals surface area contributed by atoms with Gasteiger partial charge in [-0.25, -0.2) is 13.0 Å². The van der Waals surface area contributed by atoms with Gasteiger partial charge in [-0.2, -0.15) is 0 Å². The fourth-order valence-electron chi connectivity index (χ4n) is 6.13. The van der Waals surface area contributed by atoms with Crippen LogP contribution in [0.1, 0.15) is 44.2 Å². The van der Waals surface area contributed by atoms with E-state index in [2.05, 4.69) is 31.9 Å². The molecule has 3 aromatic rings. The largest absolute Gasteiger partial charge is 0.381 e. The third-order valence-electron chi connectivity index (χ3n) is 8.12. The molecule has 2 aliphatic rings. The van der Waals surface area contributed by atoms with Gasteiger partial charge in [-0.15, -0.1) is 0 Å². The summed E-state index contributed by atoms with van der Waals surface area (Å²) in [4.78, 5) is 7.55. The Balaban J connectivity index is 1.49. The minimum atomic E-state index is -2.81. The summed E-state index contributed by atoms with van der Waals surface area (Å²) in [6.07, 6.45) is 10.4. The fraction of sp³-hybridized carbons (Fsp3) is 0.552. The van der Waals surface area contributed by atoms with E-state index in [4.69, 9.17) is 4.74 Å². The molecule has 0 saturated carbocycles. The number of benzene rings is 1. The van der Waals surface area contributed by atoms with E-state index < -0.39 is 15.5 Å². The van der Waals surface area contributed by atoms with Crippen molar-refractivity contribution in [1.82, 2.24) is 14.5 Å². The van der Waals surface area contributed by atoms with Gasteiger partial charge in [0.2, 0.25) is 0 Å². The van der Waals surface area contributed by atoms with E-state index in [1.54, 1.807) is 13.1 Å². The van der Waals surface area contributed by atoms with Gasteiger partial charge < -0.3 is 14.2 Å². The minimum absolute atomic E-state index is 0.251. The van der Waals surface area contributed by atoms with Crippen LogP contribution in [0.4, 0.5) is 4.39 Å². The van der Waals surface area contributed by atoms with Crippen molar-refractivity contribution < 1.29 is 13.3 Å². The molecule has 0 bridgehead atoms. The van der Waals surface area contributed by atoms with Crippen LogP contribution in [0.3, 0.4) is 0 Å². The highest BCUT2D eigenvalue weighted by Gasteiger charge is 2.28. The highest BCUT2D eigenvalue weighted by Crippen LogP contribution is 2.34. The van der Waals surface area contributed by atoms with Crippen molar-refractivity contribution in [3.05, 3.63) is 53.7 Å². The van der Waals surface area contributed by atoms with Crippen LogP contribution in [0.15, 0.2) is 46.0 Å². The topological polar surface area (TPSA) is 59.7 Å². The maximum atomic E-state index is 14.5. The number of hydrogen-bond donors (Lipinski definition) is 0. The molecule has 4 heterocycles. The van der Waals surface area contributed by atoms with Crippen molar-refractivity contribution in [2.24, 2.45) is 16.2 Å². The Morgan fingerprint density at radius 1 is 1.19 bits per heavy atom. The van der Waals surface area contributed by atoms with Crippen molar-refractivity contribution in [1.29, 1.82) is 0 Å². The lowest BCUT2D eigenvalue weighted by molar-refractivity contribution is 0.0551. The summed E-state index contributed by atoms with van der Waals surface area (Å²) in [5, 5.41) is 0.942. The second-order valence-corrected chi connectivity index (χ2v) is 13.8. The van der Waals surface area contributed by atoms with E-state index in [1.165, 1.54) is 48.9 Å². The van der Waals surface area contributed by atoms with Gasteiger partial charge in [0.15, 0.2) is 0 Å². The normalized spacial score (nSPS) is 21.1. The SMILES string of the molecule is CN=[S@@](=O)(c1cc(F)ccc1-n1cc(C[C@H]2CCN(CC3CCOCC3)C2)c2c(C)cncc21)C(C)C. The maximum Gasteiger partial charge on any atom is 0.124 e. The predicted octanol–water partition coefficient (Wildman–Crippen LogP) is 5.63. The lowest BCUT2D eigenvalue weighted by Crippen LogP contribution is -2.31. The molecule has 2 aliphatic heterocycles. The van der Waals surface area contributed by atoms with Crippen molar-refractivity contribution >= 4 is 20.6 Å². The quantitative estimate of drug-likeness (QED) is 0.400. The number of nitrogens with zero attached hydrogens (tertiary/aromatic N) is 4. The lowest BCUT2D eigenvalue weighted by Gasteiger charge is -2.27. The van der Waals surface area contributed by atoms with Crippen LogP contribution in [-0.4, -0.2) is 63.8 Å². The summed E-state index contributed by atoms with van der Waals surface area (Å²) in [6, 6.07) is 4.56. The molecule has 0 aliphatic carbocycles. The van der Waals surface area contributed by atoms with E-state index in [1.807, 2.05) is 26.2 Å². The van der Waals surface area contributed by atoms with Crippen LogP contribution in [-0.2, 0) is 20.9 Å². The van der Waals surface area contributed by atoms with Crippen molar-refractivity contribution in [2.45, 2.75) is 56.6 Å². The molecule has 0 radical (unpaired) electrons. The number of likely N-dealkylation sites (tertiary alicyclic amines) is 1. The molecule has 0 N–H and O–H groups in total. The van der Waals surface area contributed by atoms with Crippen LogP contribution in [0, 0.1) is 24.6 Å². The first-order chi connectivity index (χ1) is 17.8. The standard InChI is InChI=1S/C29H39FN4O2S/c1-20(2)37(35,31-4)28-14-25(30)5-6-26(28)34-19-24(29-21(3)15-32-16-27(29)34)13-23-7-10-33(18-23)17-22-8-11-36-12-9-22/h5-6,14-16,19-20,22-23H,7-13,17-18H2,1-4H3/t23-,37+/m1/s1. The van der Waals surface area contributed by atoms with E-state index in [0.29, 0.717) is 16.5 Å². The average molecular weight is 527 g/mol. The van der Waals surface area contributed by atoms with Crippen molar-refractivity contribution in [2.75, 3.05) is 39.9 Å². The van der Waals surface area contributed by atoms with Crippen LogP contribution in [0.5, 0.6) is 0 Å². The van der Waals surface area contributed by atoms with E-state index in [9.17, 15) is 8.60 Å². The Labute approximate surface area is 220 Å². The Kier molecular flexibility index (Phi) is 7.70. The van der Waals surface area contributed by atoms with Gasteiger partial charge in [0.1, 0.15) is 5.82 Å². The average Bonchev–Trinajstić information content (AvgIpc) is 3.49. The number of pyridine rings is 1. The summed E-state index contributed by atoms with van der Waals surface area (Å²) in [5.74, 6) is 0.932. The molecule has 2 atom stereocenters. The van der Waals surface area contributed by atoms with Crippen LogP contribution in [0.25, 0.3) is 16.6 Å². The summed E-state index contributed by atoms with van der Waals surface area (Å²) in [5.41, 5.74) is 4.06. The lowest BCUT2D eigenvalue weighted by atomic mass is 9.97. The zero-order valence-corrected chi connectivity index (χ0v) is 23.3. The van der Waals surface area contributed by atoms with Crippen LogP contribution >= 0.6 is 0 Å². The number of fused-ring (bicyclic) bond motifs is 1. The highest BCUT2D eigenvalue weighted by atomic mass is 32.2. The van der Waals surface area contributed by atoms with Gasteiger partial charge in [0.25, 0.3) is 0 Å². The maximum absolute atomic E-state index is 14.5. The van der Waals surface area contributed by atoms with Gasteiger partial charge in [0, 0.05) is 56.4 Å². The Morgan fingerprint density at radius 2 is 1.97 bits per heavy atom. The number of hydrogen-bond acceptors (Lipinski definition) is 5. The molecule has 0 unspecified atom stereocenters. The minimum Gasteiger partial charge on any atom is -0.381 e. The molecule has 5 rings (SSSR count). The second kappa shape index (κ2) is 10.8. The Bertz CT molecular complexity index is 1390. The number of halogens is 1. The summed E-state index contributed by atoms with van der Waals surface area (Å²) >= 11 is 0. The molecule has 1 aromatic carbocycles. The van der Waals surface area contributed by atoms with Crippen molar-refractivity contribution in [3.8, 4) is 5.69 Å². The molecule has 0 spiro atoms. The molecule has 2 saturated heterocycles. The number of aryl methyl sites for hydroxylation is 1. The monoisotopic (exact) mass is 526 g/mol. The first-order valence-corrected chi connectivity index (χ1v) is 15.1. The molecule has 2 aromatic heterocycles. The van der Waals surface area contributed by atoms with E-state index in [0.717, 1.165) is 49.7 Å². The summed E-state index contributed by atoms with van der Waals surface area (Å²) in [6.45, 7) is 11.1. The van der Waals surface area contributed by atoms with Gasteiger partial charge in [-0.3, -0.25) is 4.98 Å². The highest BCUT2D eigenvalue weighted by molar-refractivity contribution is 7.94. The van der Waals surface area contributed by atoms with E-state index in [-0.39, 0.29) is 5.25 Å². The number of aromatic nitrogens is 2. The number of rotatable bonds is 7. The predicted molar refractivity (Wildman–Crippen MR) is 147 cm³/mol. The Hall–Kier alpha value is -2.29.